The Bertz CT molecular complexity index is 1910. The second-order valence-corrected chi connectivity index (χ2v) is 10.7. The van der Waals surface area contributed by atoms with E-state index in [0.29, 0.717) is 49.9 Å². The van der Waals surface area contributed by atoms with E-state index in [-0.39, 0.29) is 22.6 Å². The number of benzene rings is 4. The number of hydrogen-bond acceptors (Lipinski definition) is 5. The fraction of sp³-hybridized carbons (Fsp3) is 0.0938. The van der Waals surface area contributed by atoms with Gasteiger partial charge < -0.3 is 14.5 Å². The van der Waals surface area contributed by atoms with Gasteiger partial charge >= 0.3 is 12.1 Å². The Hall–Kier alpha value is -4.61. The van der Waals surface area contributed by atoms with Crippen LogP contribution >= 0.6 is 27.5 Å². The first kappa shape index (κ1) is 30.8. The van der Waals surface area contributed by atoms with Gasteiger partial charge in [-0.1, -0.05) is 51.8 Å². The largest absolute Gasteiger partial charge is 0.494 e. The zero-order valence-corrected chi connectivity index (χ0v) is 25.2. The molecule has 0 spiro atoms. The van der Waals surface area contributed by atoms with E-state index in [4.69, 9.17) is 21.1 Å². The topological polar surface area (TPSA) is 92.8 Å². The summed E-state index contributed by atoms with van der Waals surface area (Å²) in [5, 5.41) is 5.21. The van der Waals surface area contributed by atoms with Crippen molar-refractivity contribution < 1.29 is 32.2 Å². The van der Waals surface area contributed by atoms with Crippen molar-refractivity contribution in [3.8, 4) is 22.6 Å². The highest BCUT2D eigenvalue weighted by atomic mass is 79.9. The molecule has 0 aliphatic heterocycles. The van der Waals surface area contributed by atoms with Crippen LogP contribution in [0.4, 0.5) is 13.2 Å². The minimum atomic E-state index is -4.62. The predicted molar refractivity (Wildman–Crippen MR) is 166 cm³/mol. The number of carbonyl (C=O) groups is 2. The molecule has 0 saturated carbocycles. The molecule has 1 amide bonds. The van der Waals surface area contributed by atoms with Crippen LogP contribution in [0.2, 0.25) is 5.02 Å². The highest BCUT2D eigenvalue weighted by Gasteiger charge is 2.31. The van der Waals surface area contributed by atoms with Crippen LogP contribution < -0.4 is 14.9 Å². The maximum absolute atomic E-state index is 13.4. The lowest BCUT2D eigenvalue weighted by Gasteiger charge is -2.10. The van der Waals surface area contributed by atoms with Crippen molar-refractivity contribution in [1.82, 2.24) is 10.4 Å². The van der Waals surface area contributed by atoms with Gasteiger partial charge in [-0.05, 0) is 67.6 Å². The first-order chi connectivity index (χ1) is 21.0. The number of H-pyrrole nitrogens is 1. The van der Waals surface area contributed by atoms with E-state index in [0.717, 1.165) is 12.1 Å². The van der Waals surface area contributed by atoms with Crippen molar-refractivity contribution in [2.75, 3.05) is 6.61 Å². The van der Waals surface area contributed by atoms with Gasteiger partial charge in [0.1, 0.15) is 17.2 Å². The van der Waals surface area contributed by atoms with Crippen molar-refractivity contribution in [1.29, 1.82) is 0 Å². The Morgan fingerprint density at radius 2 is 1.82 bits per heavy atom. The van der Waals surface area contributed by atoms with Crippen LogP contribution in [-0.4, -0.2) is 29.7 Å². The number of hydrazone groups is 1. The number of alkyl halides is 3. The van der Waals surface area contributed by atoms with Crippen molar-refractivity contribution in [3.63, 3.8) is 0 Å². The van der Waals surface area contributed by atoms with Crippen LogP contribution in [0.3, 0.4) is 0 Å². The molecule has 0 unspecified atom stereocenters. The molecule has 4 aromatic carbocycles. The van der Waals surface area contributed by atoms with E-state index in [9.17, 15) is 22.8 Å². The van der Waals surface area contributed by atoms with Gasteiger partial charge in [0, 0.05) is 37.1 Å². The number of ether oxygens (including phenoxy) is 2. The number of halogens is 5. The van der Waals surface area contributed by atoms with Crippen LogP contribution in [0.15, 0.2) is 94.5 Å². The minimum Gasteiger partial charge on any atom is -0.494 e. The maximum Gasteiger partial charge on any atom is 0.416 e. The molecule has 224 valence electrons. The van der Waals surface area contributed by atoms with E-state index in [2.05, 4.69) is 31.4 Å². The summed E-state index contributed by atoms with van der Waals surface area (Å²) >= 11 is 9.85. The third-order valence-corrected chi connectivity index (χ3v) is 7.24. The van der Waals surface area contributed by atoms with Crippen LogP contribution in [0.25, 0.3) is 22.0 Å². The first-order valence-electron chi connectivity index (χ1n) is 13.1. The number of aromatic nitrogens is 1. The number of aromatic amines is 1. The fourth-order valence-electron chi connectivity index (χ4n) is 4.45. The molecule has 1 heterocycles. The molecule has 12 heteroatoms. The molecule has 0 aliphatic rings. The Balaban J connectivity index is 1.42. The zero-order valence-electron chi connectivity index (χ0n) is 22.8. The SMILES string of the molecule is CCOc1ccc2[nH]c(C(=O)NN=Cc3cc(Br)ccc3OC(=O)c3cccc(C(F)(F)F)c3)c(-c3ccccc3Cl)c2c1. The van der Waals surface area contributed by atoms with Crippen molar-refractivity contribution in [3.05, 3.63) is 117 Å². The second-order valence-electron chi connectivity index (χ2n) is 9.34. The van der Waals surface area contributed by atoms with Crippen LogP contribution in [0.5, 0.6) is 11.5 Å². The smallest absolute Gasteiger partial charge is 0.416 e. The molecule has 0 atom stereocenters. The van der Waals surface area contributed by atoms with Gasteiger partial charge in [-0.2, -0.15) is 18.3 Å². The van der Waals surface area contributed by atoms with Gasteiger partial charge in [0.2, 0.25) is 0 Å². The number of hydrogen-bond donors (Lipinski definition) is 2. The van der Waals surface area contributed by atoms with E-state index in [1.54, 1.807) is 42.5 Å². The molecule has 0 aliphatic carbocycles. The third-order valence-electron chi connectivity index (χ3n) is 6.42. The fourth-order valence-corrected chi connectivity index (χ4v) is 5.06. The molecule has 0 radical (unpaired) electrons. The van der Waals surface area contributed by atoms with Crippen molar-refractivity contribution in [2.24, 2.45) is 5.10 Å². The lowest BCUT2D eigenvalue weighted by molar-refractivity contribution is -0.137. The average Bonchev–Trinajstić information content (AvgIpc) is 3.37. The normalized spacial score (nSPS) is 11.6. The number of fused-ring (bicyclic) bond motifs is 1. The third kappa shape index (κ3) is 6.79. The van der Waals surface area contributed by atoms with Gasteiger partial charge in [-0.25, -0.2) is 10.2 Å². The van der Waals surface area contributed by atoms with E-state index in [1.165, 1.54) is 18.3 Å². The molecular weight excluding hydrogens is 663 g/mol. The Labute approximate surface area is 262 Å². The maximum atomic E-state index is 13.4. The number of amides is 1. The molecule has 0 saturated heterocycles. The summed E-state index contributed by atoms with van der Waals surface area (Å²) in [7, 11) is 0. The van der Waals surface area contributed by atoms with Crippen LogP contribution in [0, 0.1) is 0 Å². The van der Waals surface area contributed by atoms with E-state index < -0.39 is 23.6 Å². The zero-order chi connectivity index (χ0) is 31.4. The molecule has 5 rings (SSSR count). The standard InChI is InChI=1S/C32H22BrClF3N3O4/c1-2-43-22-11-12-26-24(16-22)28(23-8-3-4-9-25(23)34)29(39-26)30(41)40-38-17-19-15-21(33)10-13-27(19)44-31(42)18-6-5-7-20(14-18)32(35,36)37/h3-17,39H,2H2,1H3,(H,40,41). The van der Waals surface area contributed by atoms with Gasteiger partial charge in [0.15, 0.2) is 0 Å². The highest BCUT2D eigenvalue weighted by Crippen LogP contribution is 2.38. The number of nitrogens with zero attached hydrogens (tertiary/aromatic N) is 1. The van der Waals surface area contributed by atoms with Gasteiger partial charge in [0.25, 0.3) is 5.91 Å². The highest BCUT2D eigenvalue weighted by molar-refractivity contribution is 9.10. The summed E-state index contributed by atoms with van der Waals surface area (Å²) in [4.78, 5) is 29.3. The Kier molecular flexibility index (Phi) is 9.07. The quantitative estimate of drug-likeness (QED) is 0.0741. The molecule has 44 heavy (non-hydrogen) atoms. The van der Waals surface area contributed by atoms with Crippen LogP contribution in [0.1, 0.15) is 38.9 Å². The van der Waals surface area contributed by atoms with Crippen molar-refractivity contribution >= 4 is 56.5 Å². The number of nitrogens with one attached hydrogen (secondary N) is 2. The van der Waals surface area contributed by atoms with Gasteiger partial charge in [-0.15, -0.1) is 0 Å². The lowest BCUT2D eigenvalue weighted by atomic mass is 10.0. The Morgan fingerprint density at radius 3 is 2.57 bits per heavy atom. The molecule has 5 aromatic rings. The first-order valence-corrected chi connectivity index (χ1v) is 14.3. The summed E-state index contributed by atoms with van der Waals surface area (Å²) in [6, 6.07) is 21.0. The lowest BCUT2D eigenvalue weighted by Crippen LogP contribution is -2.19. The molecule has 1 aromatic heterocycles. The molecule has 2 N–H and O–H groups in total. The van der Waals surface area contributed by atoms with Crippen LogP contribution in [-0.2, 0) is 6.18 Å². The molecular formula is C32H22BrClF3N3O4. The number of esters is 1. The van der Waals surface area contributed by atoms with E-state index >= 15 is 0 Å². The average molecular weight is 685 g/mol. The van der Waals surface area contributed by atoms with Gasteiger partial charge in [-0.3, -0.25) is 4.79 Å². The molecule has 0 bridgehead atoms. The van der Waals surface area contributed by atoms with Crippen molar-refractivity contribution in [2.45, 2.75) is 13.1 Å². The predicted octanol–water partition coefficient (Wildman–Crippen LogP) is 8.65. The monoisotopic (exact) mass is 683 g/mol. The summed E-state index contributed by atoms with van der Waals surface area (Å²) in [6.45, 7) is 2.34. The number of rotatable bonds is 8. The molecule has 7 nitrogen and oxygen atoms in total. The minimum absolute atomic E-state index is 0.0134. The summed E-state index contributed by atoms with van der Waals surface area (Å²) in [5.74, 6) is -0.938. The number of carbonyl (C=O) groups excluding carboxylic acids is 2. The van der Waals surface area contributed by atoms with E-state index in [1.807, 2.05) is 19.1 Å². The second kappa shape index (κ2) is 12.9. The summed E-state index contributed by atoms with van der Waals surface area (Å²) < 4.78 is 51.0. The summed E-state index contributed by atoms with van der Waals surface area (Å²) in [5.41, 5.74) is 3.54. The Morgan fingerprint density at radius 1 is 1.02 bits per heavy atom. The summed E-state index contributed by atoms with van der Waals surface area (Å²) in [6.07, 6.45) is -3.37. The van der Waals surface area contributed by atoms with Gasteiger partial charge in [0.05, 0.1) is 23.9 Å². The molecule has 0 fully saturated rings.